The van der Waals surface area contributed by atoms with E-state index in [1.807, 2.05) is 19.9 Å². The smallest absolute Gasteiger partial charge is 0.260 e. The van der Waals surface area contributed by atoms with Crippen LogP contribution in [0.15, 0.2) is 12.1 Å². The third-order valence-corrected chi connectivity index (χ3v) is 5.97. The zero-order chi connectivity index (χ0) is 19.6. The molecule has 7 nitrogen and oxygen atoms in total. The number of ether oxygens (including phenoxy) is 3. The van der Waals surface area contributed by atoms with Crippen LogP contribution in [0.2, 0.25) is 0 Å². The van der Waals surface area contributed by atoms with E-state index in [1.54, 1.807) is 29.8 Å². The van der Waals surface area contributed by atoms with Gasteiger partial charge in [-0.3, -0.25) is 9.59 Å². The van der Waals surface area contributed by atoms with Gasteiger partial charge in [0, 0.05) is 24.5 Å². The van der Waals surface area contributed by atoms with Crippen molar-refractivity contribution in [2.45, 2.75) is 37.8 Å². The highest BCUT2D eigenvalue weighted by molar-refractivity contribution is 7.99. The second kappa shape index (κ2) is 8.39. The first-order chi connectivity index (χ1) is 13.0. The number of carbonyl (C=O) groups is 2. The van der Waals surface area contributed by atoms with Crippen molar-refractivity contribution in [1.29, 1.82) is 0 Å². The van der Waals surface area contributed by atoms with Crippen LogP contribution < -0.4 is 14.8 Å². The van der Waals surface area contributed by atoms with Crippen molar-refractivity contribution >= 4 is 23.6 Å². The molecule has 0 bridgehead atoms. The van der Waals surface area contributed by atoms with E-state index in [0.717, 1.165) is 12.0 Å². The van der Waals surface area contributed by atoms with Gasteiger partial charge in [-0.1, -0.05) is 6.07 Å². The van der Waals surface area contributed by atoms with Crippen LogP contribution in [0.1, 0.15) is 41.6 Å². The number of rotatable bonds is 8. The average Bonchev–Trinajstić information content (AvgIpc) is 3.20. The Bertz CT molecular complexity index is 724. The van der Waals surface area contributed by atoms with Crippen molar-refractivity contribution in [3.63, 3.8) is 0 Å². The highest BCUT2D eigenvalue weighted by Gasteiger charge is 2.50. The highest BCUT2D eigenvalue weighted by atomic mass is 32.2. The summed E-state index contributed by atoms with van der Waals surface area (Å²) in [7, 11) is 3.06. The molecule has 1 N–H and O–H groups in total. The Morgan fingerprint density at radius 3 is 2.78 bits per heavy atom. The third kappa shape index (κ3) is 3.73. The van der Waals surface area contributed by atoms with Crippen molar-refractivity contribution in [2.75, 3.05) is 33.1 Å². The van der Waals surface area contributed by atoms with Crippen molar-refractivity contribution in [3.8, 4) is 11.5 Å². The van der Waals surface area contributed by atoms with E-state index in [0.29, 0.717) is 36.0 Å². The molecule has 0 spiro atoms. The molecule has 2 heterocycles. The van der Waals surface area contributed by atoms with Crippen LogP contribution in [0.25, 0.3) is 0 Å². The Kier molecular flexibility index (Phi) is 6.16. The zero-order valence-corrected chi connectivity index (χ0v) is 16.9. The van der Waals surface area contributed by atoms with Gasteiger partial charge in [-0.2, -0.15) is 0 Å². The first-order valence-corrected chi connectivity index (χ1v) is 10.1. The van der Waals surface area contributed by atoms with Gasteiger partial charge in [0.15, 0.2) is 11.5 Å². The van der Waals surface area contributed by atoms with E-state index in [4.69, 9.17) is 14.2 Å². The molecule has 1 aromatic rings. The lowest BCUT2D eigenvalue weighted by Gasteiger charge is -2.22. The Morgan fingerprint density at radius 1 is 1.33 bits per heavy atom. The monoisotopic (exact) mass is 394 g/mol. The summed E-state index contributed by atoms with van der Waals surface area (Å²) in [4.78, 5) is 27.4. The van der Waals surface area contributed by atoms with Gasteiger partial charge in [-0.15, -0.1) is 11.8 Å². The fourth-order valence-corrected chi connectivity index (χ4v) is 4.87. The predicted octanol–water partition coefficient (Wildman–Crippen LogP) is 2.20. The van der Waals surface area contributed by atoms with Crippen LogP contribution in [0, 0.1) is 0 Å². The van der Waals surface area contributed by atoms with E-state index in [1.165, 1.54) is 7.11 Å². The number of benzene rings is 1. The summed E-state index contributed by atoms with van der Waals surface area (Å²) in [6.07, 6.45) is 0.923. The molecule has 3 rings (SSSR count). The van der Waals surface area contributed by atoms with E-state index >= 15 is 0 Å². The summed E-state index contributed by atoms with van der Waals surface area (Å²) in [6, 6.07) is 3.20. The second-order valence-electron chi connectivity index (χ2n) is 6.74. The molecule has 8 heteroatoms. The minimum absolute atomic E-state index is 0.123. The van der Waals surface area contributed by atoms with Crippen LogP contribution >= 0.6 is 11.8 Å². The quantitative estimate of drug-likeness (QED) is 0.681. The third-order valence-electron chi connectivity index (χ3n) is 4.67. The summed E-state index contributed by atoms with van der Waals surface area (Å²) >= 11 is 1.60. The number of amides is 2. The molecule has 2 aliphatic rings. The van der Waals surface area contributed by atoms with Crippen molar-refractivity contribution in [2.24, 2.45) is 0 Å². The molecule has 1 unspecified atom stereocenters. The van der Waals surface area contributed by atoms with Gasteiger partial charge in [0.05, 0.1) is 25.9 Å². The summed E-state index contributed by atoms with van der Waals surface area (Å²) in [5, 5.41) is 2.77. The van der Waals surface area contributed by atoms with Crippen LogP contribution in [-0.2, 0) is 9.53 Å². The van der Waals surface area contributed by atoms with Gasteiger partial charge in [-0.25, -0.2) is 0 Å². The molecule has 0 aliphatic carbocycles. The number of nitrogens with one attached hydrogen (secondary N) is 1. The molecule has 1 fully saturated rings. The number of nitrogens with zero attached hydrogens (tertiary/aromatic N) is 1. The SMILES string of the molecule is COc1ccc2c(c1OC)C(=O)N1C2SC[C@H]1C(=O)NCCCOC(C)C. The second-order valence-corrected chi connectivity index (χ2v) is 7.86. The molecule has 2 aliphatic heterocycles. The molecular weight excluding hydrogens is 368 g/mol. The van der Waals surface area contributed by atoms with E-state index in [-0.39, 0.29) is 23.3 Å². The lowest BCUT2D eigenvalue weighted by atomic mass is 10.1. The summed E-state index contributed by atoms with van der Waals surface area (Å²) in [5.74, 6) is 1.22. The lowest BCUT2D eigenvalue weighted by Crippen LogP contribution is -2.46. The van der Waals surface area contributed by atoms with Gasteiger partial charge < -0.3 is 24.4 Å². The normalized spacial score (nSPS) is 20.6. The molecule has 2 atom stereocenters. The minimum atomic E-state index is -0.485. The predicted molar refractivity (Wildman–Crippen MR) is 103 cm³/mol. The van der Waals surface area contributed by atoms with E-state index < -0.39 is 6.04 Å². The van der Waals surface area contributed by atoms with E-state index in [2.05, 4.69) is 5.32 Å². The van der Waals surface area contributed by atoms with Crippen molar-refractivity contribution in [3.05, 3.63) is 23.3 Å². The van der Waals surface area contributed by atoms with Crippen molar-refractivity contribution in [1.82, 2.24) is 10.2 Å². The van der Waals surface area contributed by atoms with Crippen molar-refractivity contribution < 1.29 is 23.8 Å². The number of carbonyl (C=O) groups excluding carboxylic acids is 2. The van der Waals surface area contributed by atoms with Crippen LogP contribution in [-0.4, -0.2) is 62.0 Å². The van der Waals surface area contributed by atoms with Crippen LogP contribution in [0.4, 0.5) is 0 Å². The van der Waals surface area contributed by atoms with Crippen LogP contribution in [0.3, 0.4) is 0 Å². The first-order valence-electron chi connectivity index (χ1n) is 9.08. The highest BCUT2D eigenvalue weighted by Crippen LogP contribution is 2.52. The van der Waals surface area contributed by atoms with Gasteiger partial charge in [0.25, 0.3) is 5.91 Å². The zero-order valence-electron chi connectivity index (χ0n) is 16.1. The van der Waals surface area contributed by atoms with E-state index in [9.17, 15) is 9.59 Å². The topological polar surface area (TPSA) is 77.1 Å². The molecule has 1 saturated heterocycles. The summed E-state index contributed by atoms with van der Waals surface area (Å²) in [6.45, 7) is 5.09. The fourth-order valence-electron chi connectivity index (χ4n) is 3.41. The number of hydrogen-bond acceptors (Lipinski definition) is 6. The van der Waals surface area contributed by atoms with Crippen LogP contribution in [0.5, 0.6) is 11.5 Å². The first kappa shape index (κ1) is 19.8. The maximum atomic E-state index is 13.1. The number of thioether (sulfide) groups is 1. The number of fused-ring (bicyclic) bond motifs is 3. The Balaban J connectivity index is 1.69. The Hall–Kier alpha value is -1.93. The average molecular weight is 394 g/mol. The summed E-state index contributed by atoms with van der Waals surface area (Å²) < 4.78 is 16.2. The lowest BCUT2D eigenvalue weighted by molar-refractivity contribution is -0.124. The standard InChI is InChI=1S/C19H26N2O5S/c1-11(2)26-9-5-8-20-17(22)13-10-27-19-12-6-7-14(24-3)16(25-4)15(12)18(23)21(13)19/h6-7,11,13,19H,5,8-10H2,1-4H3,(H,20,22)/t13-,19?/m0/s1. The molecule has 1 aromatic carbocycles. The molecular formula is C19H26N2O5S. The molecule has 27 heavy (non-hydrogen) atoms. The molecule has 2 amide bonds. The minimum Gasteiger partial charge on any atom is -0.493 e. The molecule has 0 aromatic heterocycles. The Labute approximate surface area is 163 Å². The largest absolute Gasteiger partial charge is 0.493 e. The number of methoxy groups -OCH3 is 2. The maximum Gasteiger partial charge on any atom is 0.260 e. The fraction of sp³-hybridized carbons (Fsp3) is 0.579. The maximum absolute atomic E-state index is 13.1. The number of hydrogen-bond donors (Lipinski definition) is 1. The van der Waals surface area contributed by atoms with Gasteiger partial charge in [-0.05, 0) is 26.3 Å². The molecule has 148 valence electrons. The van der Waals surface area contributed by atoms with Gasteiger partial charge in [0.2, 0.25) is 5.91 Å². The molecule has 0 radical (unpaired) electrons. The van der Waals surface area contributed by atoms with Gasteiger partial charge in [0.1, 0.15) is 11.4 Å². The van der Waals surface area contributed by atoms with Gasteiger partial charge >= 0.3 is 0 Å². The Morgan fingerprint density at radius 2 is 2.11 bits per heavy atom. The molecule has 0 saturated carbocycles. The summed E-state index contributed by atoms with van der Waals surface area (Å²) in [5.41, 5.74) is 1.38.